The summed E-state index contributed by atoms with van der Waals surface area (Å²) >= 11 is 5.41. The van der Waals surface area contributed by atoms with Crippen molar-refractivity contribution in [3.63, 3.8) is 0 Å². The van der Waals surface area contributed by atoms with Crippen molar-refractivity contribution >= 4 is 27.2 Å². The molecule has 1 unspecified atom stereocenters. The van der Waals surface area contributed by atoms with Gasteiger partial charge in [0, 0.05) is 6.26 Å². The molecular weight excluding hydrogens is 176 g/mol. The summed E-state index contributed by atoms with van der Waals surface area (Å²) in [6.45, 7) is 2.32. The zero-order valence-electron chi connectivity index (χ0n) is 6.01. The molecule has 3 nitrogen and oxygen atoms in total. The average molecular weight is 185 g/mol. The van der Waals surface area contributed by atoms with Crippen molar-refractivity contribution in [3.8, 4) is 0 Å². The number of Topliss-reactive ketones (excluding diaryl/α,β-unsaturated/α-hetero) is 1. The van der Waals surface area contributed by atoms with E-state index in [0.717, 1.165) is 13.2 Å². The van der Waals surface area contributed by atoms with Gasteiger partial charge < -0.3 is 0 Å². The zero-order valence-corrected chi connectivity index (χ0v) is 7.58. The van der Waals surface area contributed by atoms with Gasteiger partial charge >= 0.3 is 0 Å². The molecule has 0 rings (SSSR count). The molecule has 0 aliphatic rings. The maximum atomic E-state index is 10.7. The molecule has 0 aromatic carbocycles. The molecule has 0 radical (unpaired) electrons. The Balaban J connectivity index is 4.95. The lowest BCUT2D eigenvalue weighted by Gasteiger charge is -2.14. The highest BCUT2D eigenvalue weighted by atomic mass is 35.5. The monoisotopic (exact) mass is 184 g/mol. The van der Waals surface area contributed by atoms with E-state index in [1.54, 1.807) is 0 Å². The number of rotatable bonds is 2. The van der Waals surface area contributed by atoms with E-state index < -0.39 is 19.8 Å². The lowest BCUT2D eigenvalue weighted by atomic mass is 10.3. The van der Waals surface area contributed by atoms with E-state index in [0.29, 0.717) is 0 Å². The lowest BCUT2D eigenvalue weighted by molar-refractivity contribution is -0.117. The maximum Gasteiger partial charge on any atom is 0.199 e. The number of carbonyl (C=O) groups is 1. The number of hydrogen-bond acceptors (Lipinski definition) is 3. The fraction of sp³-hybridized carbons (Fsp3) is 0.800. The third-order valence-corrected chi connectivity index (χ3v) is 4.11. The second kappa shape index (κ2) is 2.51. The molecule has 5 heteroatoms. The predicted octanol–water partition coefficient (Wildman–Crippen LogP) is 0.575. The quantitative estimate of drug-likeness (QED) is 0.590. The van der Waals surface area contributed by atoms with Gasteiger partial charge in [-0.1, -0.05) is 11.6 Å². The number of carbonyl (C=O) groups excluding carboxylic acids is 1. The molecule has 0 fully saturated rings. The summed E-state index contributed by atoms with van der Waals surface area (Å²) in [7, 11) is -3.49. The topological polar surface area (TPSA) is 51.2 Å². The van der Waals surface area contributed by atoms with Crippen LogP contribution in [0.2, 0.25) is 0 Å². The molecule has 60 valence electrons. The van der Waals surface area contributed by atoms with Crippen molar-refractivity contribution in [3.05, 3.63) is 0 Å². The van der Waals surface area contributed by atoms with Gasteiger partial charge in [-0.25, -0.2) is 8.42 Å². The summed E-state index contributed by atoms with van der Waals surface area (Å²) < 4.78 is 19.7. The standard InChI is InChI=1S/C5H9ClO3S/c1-4(7)5(2,6)10(3,8)9/h1-3H3. The van der Waals surface area contributed by atoms with Crippen LogP contribution in [0.5, 0.6) is 0 Å². The Morgan fingerprint density at radius 2 is 1.80 bits per heavy atom. The molecule has 1 atom stereocenters. The molecular formula is C5H9ClO3S. The fourth-order valence-corrected chi connectivity index (χ4v) is 0.783. The number of halogens is 1. The van der Waals surface area contributed by atoms with Crippen molar-refractivity contribution in [1.29, 1.82) is 0 Å². The van der Waals surface area contributed by atoms with Gasteiger partial charge in [0.05, 0.1) is 0 Å². The lowest BCUT2D eigenvalue weighted by Crippen LogP contribution is -2.35. The third-order valence-electron chi connectivity index (χ3n) is 1.33. The first-order valence-electron chi connectivity index (χ1n) is 2.59. The SMILES string of the molecule is CC(=O)C(C)(Cl)S(C)(=O)=O. The smallest absolute Gasteiger partial charge is 0.199 e. The predicted molar refractivity (Wildman–Crippen MR) is 39.8 cm³/mol. The molecule has 0 aromatic heterocycles. The number of hydrogen-bond donors (Lipinski definition) is 0. The Morgan fingerprint density at radius 1 is 1.50 bits per heavy atom. The molecule has 0 aliphatic carbocycles. The van der Waals surface area contributed by atoms with Gasteiger partial charge in [-0.2, -0.15) is 0 Å². The van der Waals surface area contributed by atoms with Crippen LogP contribution in [0.1, 0.15) is 13.8 Å². The highest BCUT2D eigenvalue weighted by Gasteiger charge is 2.38. The van der Waals surface area contributed by atoms with Crippen LogP contribution in [0.3, 0.4) is 0 Å². The zero-order chi connectivity index (χ0) is 8.58. The highest BCUT2D eigenvalue weighted by molar-refractivity contribution is 7.94. The molecule has 0 saturated heterocycles. The van der Waals surface area contributed by atoms with Gasteiger partial charge in [-0.3, -0.25) is 4.79 Å². The van der Waals surface area contributed by atoms with Gasteiger partial charge in [-0.15, -0.1) is 0 Å². The summed E-state index contributed by atoms with van der Waals surface area (Å²) in [5.41, 5.74) is 0. The molecule has 10 heavy (non-hydrogen) atoms. The first kappa shape index (κ1) is 9.91. The van der Waals surface area contributed by atoms with Crippen LogP contribution in [0.15, 0.2) is 0 Å². The first-order chi connectivity index (χ1) is 4.19. The highest BCUT2D eigenvalue weighted by Crippen LogP contribution is 2.21. The van der Waals surface area contributed by atoms with Crippen LogP contribution in [0.25, 0.3) is 0 Å². The summed E-state index contributed by atoms with van der Waals surface area (Å²) in [4.78, 5) is 10.6. The van der Waals surface area contributed by atoms with Crippen molar-refractivity contribution < 1.29 is 13.2 Å². The van der Waals surface area contributed by atoms with Crippen LogP contribution < -0.4 is 0 Å². The van der Waals surface area contributed by atoms with Crippen LogP contribution in [-0.4, -0.2) is 24.7 Å². The Bertz CT molecular complexity index is 240. The van der Waals surface area contributed by atoms with Gasteiger partial charge in [0.2, 0.25) is 0 Å². The van der Waals surface area contributed by atoms with Gasteiger partial charge in [-0.05, 0) is 13.8 Å². The molecule has 0 amide bonds. The van der Waals surface area contributed by atoms with E-state index in [-0.39, 0.29) is 0 Å². The number of sulfone groups is 1. The minimum absolute atomic E-state index is 0.559. The largest absolute Gasteiger partial charge is 0.297 e. The normalized spacial score (nSPS) is 18.0. The van der Waals surface area contributed by atoms with E-state index in [2.05, 4.69) is 0 Å². The Labute approximate surface area is 65.3 Å². The van der Waals surface area contributed by atoms with Crippen molar-refractivity contribution in [1.82, 2.24) is 0 Å². The summed E-state index contributed by atoms with van der Waals surface area (Å²) in [5, 5.41) is 0. The second-order valence-corrected chi connectivity index (χ2v) is 5.59. The third kappa shape index (κ3) is 1.70. The number of alkyl halides is 1. The second-order valence-electron chi connectivity index (χ2n) is 2.25. The molecule has 0 aromatic rings. The Morgan fingerprint density at radius 3 is 1.80 bits per heavy atom. The maximum absolute atomic E-state index is 10.7. The van der Waals surface area contributed by atoms with E-state index in [1.165, 1.54) is 6.92 Å². The first-order valence-corrected chi connectivity index (χ1v) is 4.86. The Kier molecular flexibility index (Phi) is 2.49. The van der Waals surface area contributed by atoms with E-state index >= 15 is 0 Å². The fourth-order valence-electron chi connectivity index (χ4n) is 0.261. The van der Waals surface area contributed by atoms with Crippen molar-refractivity contribution in [2.24, 2.45) is 0 Å². The van der Waals surface area contributed by atoms with Crippen LogP contribution in [-0.2, 0) is 14.6 Å². The van der Waals surface area contributed by atoms with E-state index in [1.807, 2.05) is 0 Å². The summed E-state index contributed by atoms with van der Waals surface area (Å²) in [5.74, 6) is -0.559. The summed E-state index contributed by atoms with van der Waals surface area (Å²) in [6, 6.07) is 0. The van der Waals surface area contributed by atoms with Gasteiger partial charge in [0.1, 0.15) is 0 Å². The minimum atomic E-state index is -3.49. The molecule has 0 bridgehead atoms. The van der Waals surface area contributed by atoms with Crippen molar-refractivity contribution in [2.45, 2.75) is 18.1 Å². The van der Waals surface area contributed by atoms with E-state index in [4.69, 9.17) is 11.6 Å². The van der Waals surface area contributed by atoms with Crippen LogP contribution in [0, 0.1) is 0 Å². The van der Waals surface area contributed by atoms with Crippen LogP contribution >= 0.6 is 11.6 Å². The molecule has 0 spiro atoms. The van der Waals surface area contributed by atoms with Gasteiger partial charge in [0.15, 0.2) is 19.8 Å². The molecule has 0 N–H and O–H groups in total. The Hall–Kier alpha value is -0.0900. The van der Waals surface area contributed by atoms with E-state index in [9.17, 15) is 13.2 Å². The number of ketones is 1. The minimum Gasteiger partial charge on any atom is -0.297 e. The molecule has 0 aliphatic heterocycles. The molecule has 0 heterocycles. The average Bonchev–Trinajstić information content (AvgIpc) is 1.62. The summed E-state index contributed by atoms with van der Waals surface area (Å²) in [6.07, 6.45) is 0.932. The van der Waals surface area contributed by atoms with Crippen molar-refractivity contribution in [2.75, 3.05) is 6.26 Å². The molecule has 0 saturated carbocycles. The van der Waals surface area contributed by atoms with Crippen LogP contribution in [0.4, 0.5) is 0 Å². The van der Waals surface area contributed by atoms with Gasteiger partial charge in [0.25, 0.3) is 0 Å².